The molecular formula is C19H20ClN3O3S3. The zero-order valence-corrected chi connectivity index (χ0v) is 19.2. The summed E-state index contributed by atoms with van der Waals surface area (Å²) in [6.45, 7) is 5.31. The van der Waals surface area contributed by atoms with E-state index in [4.69, 9.17) is 11.6 Å². The number of halogens is 1. The molecule has 3 aromatic rings. The van der Waals surface area contributed by atoms with Gasteiger partial charge in [0.1, 0.15) is 0 Å². The normalized spacial score (nSPS) is 13.0. The molecule has 0 bridgehead atoms. The molecular weight excluding hydrogens is 450 g/mol. The van der Waals surface area contributed by atoms with Gasteiger partial charge in [0.2, 0.25) is 15.9 Å². The van der Waals surface area contributed by atoms with Gasteiger partial charge in [-0.2, -0.15) is 0 Å². The van der Waals surface area contributed by atoms with E-state index in [9.17, 15) is 13.2 Å². The highest BCUT2D eigenvalue weighted by molar-refractivity contribution is 8.02. The number of carbonyl (C=O) groups is 1. The summed E-state index contributed by atoms with van der Waals surface area (Å²) in [7, 11) is -3.56. The van der Waals surface area contributed by atoms with Crippen LogP contribution in [0.1, 0.15) is 20.8 Å². The lowest BCUT2D eigenvalue weighted by atomic mass is 10.3. The van der Waals surface area contributed by atoms with Gasteiger partial charge in [0.05, 0.1) is 20.4 Å². The van der Waals surface area contributed by atoms with Gasteiger partial charge in [-0.25, -0.2) is 18.1 Å². The number of nitrogens with zero attached hydrogens (tertiary/aromatic N) is 1. The molecule has 6 nitrogen and oxygen atoms in total. The second-order valence-electron chi connectivity index (χ2n) is 6.64. The van der Waals surface area contributed by atoms with E-state index in [1.807, 2.05) is 12.1 Å². The molecule has 0 fully saturated rings. The van der Waals surface area contributed by atoms with Gasteiger partial charge in [-0.05, 0) is 63.2 Å². The summed E-state index contributed by atoms with van der Waals surface area (Å²) in [5.41, 5.74) is 1.34. The number of rotatable bonds is 7. The quantitative estimate of drug-likeness (QED) is 0.487. The summed E-state index contributed by atoms with van der Waals surface area (Å²) in [4.78, 5) is 17.2. The van der Waals surface area contributed by atoms with Crippen molar-refractivity contribution in [3.8, 4) is 0 Å². The van der Waals surface area contributed by atoms with Crippen LogP contribution in [0, 0.1) is 0 Å². The number of anilines is 1. The Labute approximate surface area is 183 Å². The van der Waals surface area contributed by atoms with Crippen molar-refractivity contribution in [1.29, 1.82) is 0 Å². The molecule has 0 aliphatic rings. The van der Waals surface area contributed by atoms with Crippen molar-refractivity contribution < 1.29 is 13.2 Å². The monoisotopic (exact) mass is 469 g/mol. The topological polar surface area (TPSA) is 88.2 Å². The number of thioether (sulfide) groups is 1. The fourth-order valence-electron chi connectivity index (χ4n) is 2.47. The maximum Gasteiger partial charge on any atom is 0.240 e. The van der Waals surface area contributed by atoms with Crippen molar-refractivity contribution in [2.24, 2.45) is 0 Å². The van der Waals surface area contributed by atoms with Crippen molar-refractivity contribution >= 4 is 66.5 Å². The summed E-state index contributed by atoms with van der Waals surface area (Å²) in [5.74, 6) is -0.191. The van der Waals surface area contributed by atoms with E-state index in [1.165, 1.54) is 35.2 Å². The highest BCUT2D eigenvalue weighted by Gasteiger charge is 2.18. The van der Waals surface area contributed by atoms with Crippen LogP contribution in [0.5, 0.6) is 0 Å². The molecule has 2 N–H and O–H groups in total. The standard InChI is InChI=1S/C19H20ClN3O3S3/c1-11(2)23-29(25,26)15-7-5-14(6-8-15)21-18(24)12(3)27-19-22-16-10-13(20)4-9-17(16)28-19/h4-12,23H,1-3H3,(H,21,24). The van der Waals surface area contributed by atoms with Crippen molar-refractivity contribution in [1.82, 2.24) is 9.71 Å². The molecule has 10 heteroatoms. The van der Waals surface area contributed by atoms with Gasteiger partial charge in [-0.15, -0.1) is 11.3 Å². The summed E-state index contributed by atoms with van der Waals surface area (Å²) in [6, 6.07) is 11.4. The molecule has 3 rings (SSSR count). The number of hydrogen-bond donors (Lipinski definition) is 2. The zero-order valence-electron chi connectivity index (χ0n) is 16.0. The first-order chi connectivity index (χ1) is 13.6. The number of carbonyl (C=O) groups excluding carboxylic acids is 1. The predicted molar refractivity (Wildman–Crippen MR) is 120 cm³/mol. The number of thiazole rings is 1. The Morgan fingerprint density at radius 1 is 1.14 bits per heavy atom. The zero-order chi connectivity index (χ0) is 21.2. The van der Waals surface area contributed by atoms with E-state index in [0.717, 1.165) is 14.6 Å². The van der Waals surface area contributed by atoms with E-state index in [-0.39, 0.29) is 22.1 Å². The molecule has 1 amide bonds. The fourth-order valence-corrected chi connectivity index (χ4v) is 6.08. The number of hydrogen-bond acceptors (Lipinski definition) is 6. The van der Waals surface area contributed by atoms with Crippen LogP contribution in [0.3, 0.4) is 0 Å². The smallest absolute Gasteiger partial charge is 0.240 e. The van der Waals surface area contributed by atoms with E-state index in [1.54, 1.807) is 39.0 Å². The van der Waals surface area contributed by atoms with Crippen LogP contribution in [-0.4, -0.2) is 30.6 Å². The third kappa shape index (κ3) is 5.70. The SMILES string of the molecule is CC(C)NS(=O)(=O)c1ccc(NC(=O)C(C)Sc2nc3cc(Cl)ccc3s2)cc1. The average Bonchev–Trinajstić information content (AvgIpc) is 3.02. The lowest BCUT2D eigenvalue weighted by Gasteiger charge is -2.12. The first-order valence-corrected chi connectivity index (χ1v) is 12.4. The van der Waals surface area contributed by atoms with Crippen molar-refractivity contribution in [2.45, 2.75) is 41.3 Å². The second kappa shape index (κ2) is 9.01. The van der Waals surface area contributed by atoms with Gasteiger partial charge in [0.15, 0.2) is 4.34 Å². The number of fused-ring (bicyclic) bond motifs is 1. The molecule has 29 heavy (non-hydrogen) atoms. The second-order valence-corrected chi connectivity index (χ2v) is 11.4. The molecule has 0 saturated heterocycles. The molecule has 2 aromatic carbocycles. The van der Waals surface area contributed by atoms with Crippen molar-refractivity contribution in [3.05, 3.63) is 47.5 Å². The van der Waals surface area contributed by atoms with Crippen molar-refractivity contribution in [3.63, 3.8) is 0 Å². The van der Waals surface area contributed by atoms with E-state index in [0.29, 0.717) is 10.7 Å². The van der Waals surface area contributed by atoms with Gasteiger partial charge >= 0.3 is 0 Å². The Morgan fingerprint density at radius 3 is 2.48 bits per heavy atom. The van der Waals surface area contributed by atoms with E-state index < -0.39 is 10.0 Å². The highest BCUT2D eigenvalue weighted by atomic mass is 35.5. The van der Waals surface area contributed by atoms with Crippen LogP contribution >= 0.6 is 34.7 Å². The maximum absolute atomic E-state index is 12.5. The van der Waals surface area contributed by atoms with Gasteiger partial charge < -0.3 is 5.32 Å². The van der Waals surface area contributed by atoms with E-state index in [2.05, 4.69) is 15.0 Å². The average molecular weight is 470 g/mol. The third-order valence-corrected chi connectivity index (χ3v) is 7.94. The van der Waals surface area contributed by atoms with E-state index >= 15 is 0 Å². The van der Waals surface area contributed by atoms with Crippen LogP contribution in [0.2, 0.25) is 5.02 Å². The minimum absolute atomic E-state index is 0.153. The molecule has 0 saturated carbocycles. The number of benzene rings is 2. The molecule has 154 valence electrons. The maximum atomic E-state index is 12.5. The highest BCUT2D eigenvalue weighted by Crippen LogP contribution is 2.33. The number of sulfonamides is 1. The van der Waals surface area contributed by atoms with Crippen LogP contribution in [0.4, 0.5) is 5.69 Å². The third-order valence-electron chi connectivity index (χ3n) is 3.80. The number of amides is 1. The Bertz CT molecular complexity index is 1130. The van der Waals surface area contributed by atoms with Crippen molar-refractivity contribution in [2.75, 3.05) is 5.32 Å². The molecule has 1 unspecified atom stereocenters. The minimum atomic E-state index is -3.56. The van der Waals surface area contributed by atoms with Crippen LogP contribution in [-0.2, 0) is 14.8 Å². The first kappa shape index (κ1) is 22.0. The molecule has 1 heterocycles. The molecule has 1 atom stereocenters. The van der Waals surface area contributed by atoms with Crippen LogP contribution < -0.4 is 10.0 Å². The molecule has 0 spiro atoms. The lowest BCUT2D eigenvalue weighted by molar-refractivity contribution is -0.115. The largest absolute Gasteiger partial charge is 0.325 e. The summed E-state index contributed by atoms with van der Waals surface area (Å²) in [5, 5.41) is 3.05. The Morgan fingerprint density at radius 2 is 1.83 bits per heavy atom. The molecule has 0 radical (unpaired) electrons. The summed E-state index contributed by atoms with van der Waals surface area (Å²) >= 11 is 8.86. The molecule has 0 aliphatic heterocycles. The van der Waals surface area contributed by atoms with Gasteiger partial charge in [-0.3, -0.25) is 4.79 Å². The van der Waals surface area contributed by atoms with Gasteiger partial charge in [0, 0.05) is 16.8 Å². The summed E-state index contributed by atoms with van der Waals surface area (Å²) in [6.07, 6.45) is 0. The first-order valence-electron chi connectivity index (χ1n) is 8.80. The van der Waals surface area contributed by atoms with Gasteiger partial charge in [-0.1, -0.05) is 23.4 Å². The fraction of sp³-hybridized carbons (Fsp3) is 0.263. The summed E-state index contributed by atoms with van der Waals surface area (Å²) < 4.78 is 28.7. The lowest BCUT2D eigenvalue weighted by Crippen LogP contribution is -2.30. The predicted octanol–water partition coefficient (Wildman–Crippen LogP) is 4.76. The Balaban J connectivity index is 1.64. The number of aromatic nitrogens is 1. The Hall–Kier alpha value is -1.65. The van der Waals surface area contributed by atoms with Crippen LogP contribution in [0.15, 0.2) is 51.7 Å². The Kier molecular flexibility index (Phi) is 6.85. The molecule has 0 aliphatic carbocycles. The van der Waals surface area contributed by atoms with Crippen LogP contribution in [0.25, 0.3) is 10.2 Å². The molecule has 1 aromatic heterocycles. The minimum Gasteiger partial charge on any atom is -0.325 e. The van der Waals surface area contributed by atoms with Gasteiger partial charge in [0.25, 0.3) is 0 Å². The number of nitrogens with one attached hydrogen (secondary N) is 2.